The molecule has 2 aliphatic rings. The quantitative estimate of drug-likeness (QED) is 0.848. The molecule has 0 bridgehead atoms. The van der Waals surface area contributed by atoms with E-state index in [0.29, 0.717) is 0 Å². The van der Waals surface area contributed by atoms with Gasteiger partial charge in [-0.3, -0.25) is 9.67 Å². The Hall–Kier alpha value is -1.82. The minimum atomic E-state index is 0.216. The van der Waals surface area contributed by atoms with Gasteiger partial charge in [-0.1, -0.05) is 11.3 Å². The number of aromatic nitrogens is 4. The summed E-state index contributed by atoms with van der Waals surface area (Å²) in [6.45, 7) is 4.01. The van der Waals surface area contributed by atoms with Crippen molar-refractivity contribution in [1.82, 2.24) is 24.9 Å². The molecule has 5 nitrogen and oxygen atoms in total. The molecule has 22 heavy (non-hydrogen) atoms. The summed E-state index contributed by atoms with van der Waals surface area (Å²) in [4.78, 5) is 6.58. The van der Waals surface area contributed by atoms with Crippen LogP contribution in [0.1, 0.15) is 36.4 Å². The summed E-state index contributed by atoms with van der Waals surface area (Å²) in [7, 11) is 0. The van der Waals surface area contributed by atoms with E-state index in [1.165, 1.54) is 24.1 Å². The predicted octanol–water partition coefficient (Wildman–Crippen LogP) is 3.19. The molecule has 0 radical (unpaired) electrons. The molecule has 1 saturated carbocycles. The zero-order valence-corrected chi connectivity index (χ0v) is 13.4. The molecule has 2 aromatic heterocycles. The van der Waals surface area contributed by atoms with E-state index < -0.39 is 0 Å². The average molecular weight is 313 g/mol. The molecule has 3 heterocycles. The van der Waals surface area contributed by atoms with Gasteiger partial charge in [-0.05, 0) is 42.7 Å². The van der Waals surface area contributed by atoms with Gasteiger partial charge in [0.15, 0.2) is 0 Å². The van der Waals surface area contributed by atoms with Crippen molar-refractivity contribution in [2.75, 3.05) is 0 Å². The van der Waals surface area contributed by atoms with Crippen LogP contribution in [-0.4, -0.2) is 24.9 Å². The van der Waals surface area contributed by atoms with Crippen molar-refractivity contribution >= 4 is 11.8 Å². The second kappa shape index (κ2) is 5.76. The molecule has 1 fully saturated rings. The van der Waals surface area contributed by atoms with Gasteiger partial charge in [0, 0.05) is 31.2 Å². The van der Waals surface area contributed by atoms with Gasteiger partial charge in [0.2, 0.25) is 0 Å². The molecule has 6 heteroatoms. The fraction of sp³-hybridized carbons (Fsp3) is 0.438. The van der Waals surface area contributed by atoms with Crippen LogP contribution >= 0.6 is 11.8 Å². The van der Waals surface area contributed by atoms with Crippen molar-refractivity contribution < 1.29 is 0 Å². The summed E-state index contributed by atoms with van der Waals surface area (Å²) in [5, 5.41) is 11.1. The fourth-order valence-electron chi connectivity index (χ4n) is 2.70. The molecule has 0 aromatic carbocycles. The Labute approximate surface area is 134 Å². The van der Waals surface area contributed by atoms with E-state index in [1.54, 1.807) is 11.8 Å². The molecule has 114 valence electrons. The summed E-state index contributed by atoms with van der Waals surface area (Å²) < 4.78 is 2.00. The van der Waals surface area contributed by atoms with E-state index in [2.05, 4.69) is 44.8 Å². The summed E-state index contributed by atoms with van der Waals surface area (Å²) in [6.07, 6.45) is 8.52. The predicted molar refractivity (Wildman–Crippen MR) is 86.6 cm³/mol. The van der Waals surface area contributed by atoms with Crippen LogP contribution in [0.2, 0.25) is 0 Å². The number of allylic oxidation sites excluding steroid dienone is 1. The SMILES string of the molecule is CC1=CSC(c2cn(CC3CC3)nn2)N1Cc1cccnc1. The number of thioether (sulfide) groups is 1. The Balaban J connectivity index is 1.51. The van der Waals surface area contributed by atoms with Crippen LogP contribution in [-0.2, 0) is 13.1 Å². The first-order valence-corrected chi connectivity index (χ1v) is 8.62. The van der Waals surface area contributed by atoms with Gasteiger partial charge in [0.1, 0.15) is 11.1 Å². The Bertz CT molecular complexity index is 677. The van der Waals surface area contributed by atoms with Gasteiger partial charge < -0.3 is 4.90 Å². The maximum Gasteiger partial charge on any atom is 0.125 e. The highest BCUT2D eigenvalue weighted by Gasteiger charge is 2.29. The van der Waals surface area contributed by atoms with Crippen molar-refractivity contribution in [1.29, 1.82) is 0 Å². The molecule has 0 N–H and O–H groups in total. The minimum Gasteiger partial charge on any atom is -0.353 e. The van der Waals surface area contributed by atoms with Crippen LogP contribution < -0.4 is 0 Å². The molecular formula is C16H19N5S. The molecule has 2 aromatic rings. The van der Waals surface area contributed by atoms with Crippen LogP contribution in [0.15, 0.2) is 41.8 Å². The first-order valence-electron chi connectivity index (χ1n) is 7.67. The Morgan fingerprint density at radius 1 is 1.36 bits per heavy atom. The standard InChI is InChI=1S/C16H19N5S/c1-12-11-22-16(21(12)9-14-3-2-6-17-7-14)15-10-20(19-18-15)8-13-4-5-13/h2-3,6-7,10-11,13,16H,4-5,8-9H2,1H3. The zero-order chi connectivity index (χ0) is 14.9. The summed E-state index contributed by atoms with van der Waals surface area (Å²) >= 11 is 1.81. The molecule has 1 unspecified atom stereocenters. The van der Waals surface area contributed by atoms with Gasteiger partial charge in [-0.15, -0.1) is 16.9 Å². The third kappa shape index (κ3) is 2.88. The van der Waals surface area contributed by atoms with E-state index in [4.69, 9.17) is 0 Å². The van der Waals surface area contributed by atoms with E-state index in [1.807, 2.05) is 23.1 Å². The molecule has 4 rings (SSSR count). The summed E-state index contributed by atoms with van der Waals surface area (Å²) in [5.41, 5.74) is 3.53. The lowest BCUT2D eigenvalue weighted by Crippen LogP contribution is -2.21. The summed E-state index contributed by atoms with van der Waals surface area (Å²) in [5.74, 6) is 0.817. The van der Waals surface area contributed by atoms with Crippen LogP contribution in [0.3, 0.4) is 0 Å². The maximum absolute atomic E-state index is 4.41. The van der Waals surface area contributed by atoms with Crippen molar-refractivity contribution in [3.05, 3.63) is 53.1 Å². The van der Waals surface area contributed by atoms with Crippen molar-refractivity contribution in [2.45, 2.75) is 38.2 Å². The summed E-state index contributed by atoms with van der Waals surface area (Å²) in [6, 6.07) is 4.10. The van der Waals surface area contributed by atoms with Crippen LogP contribution in [0, 0.1) is 5.92 Å². The van der Waals surface area contributed by atoms with E-state index in [-0.39, 0.29) is 5.37 Å². The minimum absolute atomic E-state index is 0.216. The van der Waals surface area contributed by atoms with Gasteiger partial charge in [0.05, 0.1) is 6.20 Å². The largest absolute Gasteiger partial charge is 0.353 e. The second-order valence-corrected chi connectivity index (χ2v) is 7.00. The lowest BCUT2D eigenvalue weighted by atomic mass is 10.2. The number of hydrogen-bond donors (Lipinski definition) is 0. The van der Waals surface area contributed by atoms with Gasteiger partial charge >= 0.3 is 0 Å². The number of nitrogens with zero attached hydrogens (tertiary/aromatic N) is 5. The lowest BCUT2D eigenvalue weighted by molar-refractivity contribution is 0.325. The van der Waals surface area contributed by atoms with E-state index in [9.17, 15) is 0 Å². The molecule has 0 saturated heterocycles. The Morgan fingerprint density at radius 3 is 3.05 bits per heavy atom. The number of pyridine rings is 1. The van der Waals surface area contributed by atoms with Gasteiger partial charge in [-0.2, -0.15) is 0 Å². The lowest BCUT2D eigenvalue weighted by Gasteiger charge is -2.26. The second-order valence-electron chi connectivity index (χ2n) is 6.05. The fourth-order valence-corrected chi connectivity index (χ4v) is 3.79. The Kier molecular flexibility index (Phi) is 3.62. The molecular weight excluding hydrogens is 294 g/mol. The first kappa shape index (κ1) is 13.8. The van der Waals surface area contributed by atoms with E-state index >= 15 is 0 Å². The van der Waals surface area contributed by atoms with Crippen LogP contribution in [0.5, 0.6) is 0 Å². The van der Waals surface area contributed by atoms with Crippen LogP contribution in [0.4, 0.5) is 0 Å². The molecule has 0 spiro atoms. The van der Waals surface area contributed by atoms with E-state index in [0.717, 1.165) is 24.7 Å². The third-order valence-electron chi connectivity index (χ3n) is 4.13. The highest BCUT2D eigenvalue weighted by Crippen LogP contribution is 2.42. The maximum atomic E-state index is 4.41. The molecule has 0 amide bonds. The number of rotatable bonds is 5. The van der Waals surface area contributed by atoms with Gasteiger partial charge in [-0.25, -0.2) is 0 Å². The van der Waals surface area contributed by atoms with Gasteiger partial charge in [0.25, 0.3) is 0 Å². The zero-order valence-electron chi connectivity index (χ0n) is 12.6. The van der Waals surface area contributed by atoms with Crippen molar-refractivity contribution in [3.63, 3.8) is 0 Å². The van der Waals surface area contributed by atoms with Crippen molar-refractivity contribution in [2.24, 2.45) is 5.92 Å². The Morgan fingerprint density at radius 2 is 2.27 bits per heavy atom. The van der Waals surface area contributed by atoms with Crippen LogP contribution in [0.25, 0.3) is 0 Å². The number of hydrogen-bond acceptors (Lipinski definition) is 5. The topological polar surface area (TPSA) is 46.8 Å². The smallest absolute Gasteiger partial charge is 0.125 e. The average Bonchev–Trinajstić information content (AvgIpc) is 3.11. The molecule has 1 atom stereocenters. The normalized spacial score (nSPS) is 21.2. The molecule has 1 aliphatic carbocycles. The third-order valence-corrected chi connectivity index (χ3v) is 5.36. The molecule has 1 aliphatic heterocycles. The van der Waals surface area contributed by atoms with Crippen molar-refractivity contribution in [3.8, 4) is 0 Å². The highest BCUT2D eigenvalue weighted by molar-refractivity contribution is 8.02. The highest BCUT2D eigenvalue weighted by atomic mass is 32.2. The monoisotopic (exact) mass is 313 g/mol. The first-order chi connectivity index (χ1) is 10.8.